The molecule has 0 N–H and O–H groups in total. The van der Waals surface area contributed by atoms with E-state index in [2.05, 4.69) is 6.92 Å². The Hall–Kier alpha value is -1.35. The smallest absolute Gasteiger partial charge is 0.169 e. The maximum atomic E-state index is 11.2. The normalized spacial score (nSPS) is 24.1. The summed E-state index contributed by atoms with van der Waals surface area (Å²) in [5, 5.41) is 0. The molecule has 16 heavy (non-hydrogen) atoms. The van der Waals surface area contributed by atoms with Crippen molar-refractivity contribution in [1.29, 1.82) is 0 Å². The van der Waals surface area contributed by atoms with Gasteiger partial charge in [-0.2, -0.15) is 0 Å². The Bertz CT molecular complexity index is 412. The van der Waals surface area contributed by atoms with Gasteiger partial charge in [-0.3, -0.25) is 4.79 Å². The van der Waals surface area contributed by atoms with E-state index >= 15 is 0 Å². The molecule has 2 atom stereocenters. The molecule has 2 rings (SSSR count). The van der Waals surface area contributed by atoms with Gasteiger partial charge in [0, 0.05) is 13.5 Å². The maximum absolute atomic E-state index is 11.2. The number of hydrogen-bond donors (Lipinski definition) is 0. The van der Waals surface area contributed by atoms with E-state index < -0.39 is 0 Å². The summed E-state index contributed by atoms with van der Waals surface area (Å²) in [6.07, 6.45) is -0.0629. The lowest BCUT2D eigenvalue weighted by Crippen LogP contribution is -2.51. The van der Waals surface area contributed by atoms with Crippen molar-refractivity contribution in [3.63, 3.8) is 0 Å². The molecule has 1 fully saturated rings. The van der Waals surface area contributed by atoms with Crippen LogP contribution in [-0.4, -0.2) is 25.1 Å². The van der Waals surface area contributed by atoms with Crippen molar-refractivity contribution >= 4 is 5.78 Å². The molecule has 2 unspecified atom stereocenters. The third-order valence-corrected chi connectivity index (χ3v) is 3.08. The topological polar surface area (TPSA) is 35.5 Å². The third-order valence-electron chi connectivity index (χ3n) is 3.08. The van der Waals surface area contributed by atoms with Gasteiger partial charge in [-0.1, -0.05) is 6.07 Å². The summed E-state index contributed by atoms with van der Waals surface area (Å²) in [4.78, 5) is 11.2. The van der Waals surface area contributed by atoms with E-state index in [0.29, 0.717) is 6.42 Å². The van der Waals surface area contributed by atoms with Gasteiger partial charge in [0.25, 0.3) is 0 Å². The first-order chi connectivity index (χ1) is 7.61. The molecular weight excluding hydrogens is 204 g/mol. The monoisotopic (exact) mass is 220 g/mol. The predicted molar refractivity (Wildman–Crippen MR) is 60.8 cm³/mol. The Balaban J connectivity index is 2.05. The molecule has 0 aromatic heterocycles. The summed E-state index contributed by atoms with van der Waals surface area (Å²) < 4.78 is 10.8. The van der Waals surface area contributed by atoms with Crippen LogP contribution in [0.2, 0.25) is 0 Å². The standard InChI is InChI=1S/C13H16O3/c1-8-4-5-10(6-9(8)2)16-12-7-11(14)13(12)15-3/h4-6,12-13H,7H2,1-3H3. The number of carbonyl (C=O) groups excluding carboxylic acids is 1. The summed E-state index contributed by atoms with van der Waals surface area (Å²) in [5.74, 6) is 0.930. The van der Waals surface area contributed by atoms with Gasteiger partial charge in [0.2, 0.25) is 0 Å². The minimum Gasteiger partial charge on any atom is -0.487 e. The fourth-order valence-electron chi connectivity index (χ4n) is 1.82. The Morgan fingerprint density at radius 1 is 1.25 bits per heavy atom. The number of ketones is 1. The predicted octanol–water partition coefficient (Wildman–Crippen LogP) is 2.04. The van der Waals surface area contributed by atoms with Gasteiger partial charge >= 0.3 is 0 Å². The first-order valence-electron chi connectivity index (χ1n) is 5.41. The average Bonchev–Trinajstić information content (AvgIpc) is 2.23. The van der Waals surface area contributed by atoms with Gasteiger partial charge < -0.3 is 9.47 Å². The zero-order valence-corrected chi connectivity index (χ0v) is 9.82. The molecule has 3 heteroatoms. The molecule has 1 aromatic carbocycles. The summed E-state index contributed by atoms with van der Waals surface area (Å²) in [6, 6.07) is 5.94. The lowest BCUT2D eigenvalue weighted by atomic mass is 9.90. The number of carbonyl (C=O) groups is 1. The molecule has 1 aliphatic carbocycles. The van der Waals surface area contributed by atoms with Gasteiger partial charge in [0.05, 0.1) is 0 Å². The zero-order valence-electron chi connectivity index (χ0n) is 9.82. The highest BCUT2D eigenvalue weighted by Gasteiger charge is 2.41. The van der Waals surface area contributed by atoms with Crippen molar-refractivity contribution in [1.82, 2.24) is 0 Å². The number of ether oxygens (including phenoxy) is 2. The van der Waals surface area contributed by atoms with E-state index in [-0.39, 0.29) is 18.0 Å². The summed E-state index contributed by atoms with van der Waals surface area (Å²) >= 11 is 0. The highest BCUT2D eigenvalue weighted by Crippen LogP contribution is 2.26. The van der Waals surface area contributed by atoms with Crippen molar-refractivity contribution in [2.24, 2.45) is 0 Å². The zero-order chi connectivity index (χ0) is 11.7. The fraction of sp³-hybridized carbons (Fsp3) is 0.462. The van der Waals surface area contributed by atoms with Crippen LogP contribution in [0.15, 0.2) is 18.2 Å². The van der Waals surface area contributed by atoms with E-state index in [1.807, 2.05) is 25.1 Å². The van der Waals surface area contributed by atoms with Gasteiger partial charge in [-0.25, -0.2) is 0 Å². The number of Topliss-reactive ketones (excluding diaryl/α,β-unsaturated/α-hetero) is 1. The number of aryl methyl sites for hydroxylation is 2. The van der Waals surface area contributed by atoms with Crippen LogP contribution in [0.1, 0.15) is 17.5 Å². The SMILES string of the molecule is COC1C(=O)CC1Oc1ccc(C)c(C)c1. The van der Waals surface area contributed by atoms with E-state index in [0.717, 1.165) is 5.75 Å². The van der Waals surface area contributed by atoms with Gasteiger partial charge in [0.1, 0.15) is 11.9 Å². The van der Waals surface area contributed by atoms with Crippen molar-refractivity contribution in [3.8, 4) is 5.75 Å². The van der Waals surface area contributed by atoms with Crippen LogP contribution in [0.25, 0.3) is 0 Å². The van der Waals surface area contributed by atoms with Crippen molar-refractivity contribution < 1.29 is 14.3 Å². The van der Waals surface area contributed by atoms with Crippen molar-refractivity contribution in [3.05, 3.63) is 29.3 Å². The molecular formula is C13H16O3. The molecule has 0 amide bonds. The van der Waals surface area contributed by atoms with Gasteiger partial charge in [-0.05, 0) is 37.1 Å². The van der Waals surface area contributed by atoms with Crippen LogP contribution in [0.4, 0.5) is 0 Å². The Morgan fingerprint density at radius 3 is 2.56 bits per heavy atom. The summed E-state index contributed by atoms with van der Waals surface area (Å²) in [7, 11) is 1.54. The fourth-order valence-corrected chi connectivity index (χ4v) is 1.82. The largest absolute Gasteiger partial charge is 0.487 e. The maximum Gasteiger partial charge on any atom is 0.169 e. The lowest BCUT2D eigenvalue weighted by Gasteiger charge is -2.33. The van der Waals surface area contributed by atoms with Crippen molar-refractivity contribution in [2.45, 2.75) is 32.5 Å². The first kappa shape index (κ1) is 11.1. The molecule has 86 valence electrons. The Kier molecular flexibility index (Phi) is 2.97. The molecule has 0 aliphatic heterocycles. The quantitative estimate of drug-likeness (QED) is 0.782. The molecule has 3 nitrogen and oxygen atoms in total. The minimum absolute atomic E-state index is 0.122. The molecule has 0 heterocycles. The Labute approximate surface area is 95.4 Å². The van der Waals surface area contributed by atoms with Crippen LogP contribution in [-0.2, 0) is 9.53 Å². The molecule has 0 spiro atoms. The van der Waals surface area contributed by atoms with Crippen LogP contribution in [0.5, 0.6) is 5.75 Å². The first-order valence-corrected chi connectivity index (χ1v) is 5.41. The molecule has 0 bridgehead atoms. The molecule has 1 saturated carbocycles. The van der Waals surface area contributed by atoms with E-state index in [1.54, 1.807) is 7.11 Å². The number of methoxy groups -OCH3 is 1. The number of hydrogen-bond acceptors (Lipinski definition) is 3. The molecule has 1 aromatic rings. The van der Waals surface area contributed by atoms with E-state index in [4.69, 9.17) is 9.47 Å². The second-order valence-electron chi connectivity index (χ2n) is 4.23. The lowest BCUT2D eigenvalue weighted by molar-refractivity contribution is -0.150. The Morgan fingerprint density at radius 2 is 2.00 bits per heavy atom. The average molecular weight is 220 g/mol. The van der Waals surface area contributed by atoms with Crippen LogP contribution >= 0.6 is 0 Å². The molecule has 1 aliphatic rings. The molecule has 0 radical (unpaired) electrons. The number of benzene rings is 1. The van der Waals surface area contributed by atoms with Crippen LogP contribution in [0.3, 0.4) is 0 Å². The van der Waals surface area contributed by atoms with Crippen LogP contribution in [0, 0.1) is 13.8 Å². The third kappa shape index (κ3) is 1.95. The highest BCUT2D eigenvalue weighted by atomic mass is 16.5. The van der Waals surface area contributed by atoms with E-state index in [1.165, 1.54) is 11.1 Å². The van der Waals surface area contributed by atoms with Crippen LogP contribution < -0.4 is 4.74 Å². The van der Waals surface area contributed by atoms with E-state index in [9.17, 15) is 4.79 Å². The van der Waals surface area contributed by atoms with Gasteiger partial charge in [-0.15, -0.1) is 0 Å². The molecule has 0 saturated heterocycles. The second kappa shape index (κ2) is 4.26. The highest BCUT2D eigenvalue weighted by molar-refractivity contribution is 5.90. The second-order valence-corrected chi connectivity index (χ2v) is 4.23. The summed E-state index contributed by atoms with van der Waals surface area (Å²) in [6.45, 7) is 4.10. The minimum atomic E-state index is -0.387. The number of rotatable bonds is 3. The van der Waals surface area contributed by atoms with Crippen molar-refractivity contribution in [2.75, 3.05) is 7.11 Å². The van der Waals surface area contributed by atoms with Gasteiger partial charge in [0.15, 0.2) is 11.9 Å². The summed E-state index contributed by atoms with van der Waals surface area (Å²) in [5.41, 5.74) is 2.43.